The van der Waals surface area contributed by atoms with Gasteiger partial charge in [0.25, 0.3) is 0 Å². The monoisotopic (exact) mass is 382 g/mol. The van der Waals surface area contributed by atoms with Crippen LogP contribution in [0, 0.1) is 27.7 Å². The van der Waals surface area contributed by atoms with Gasteiger partial charge in [0.05, 0.1) is 5.69 Å². The second-order valence-electron chi connectivity index (χ2n) is 7.69. The fourth-order valence-corrected chi connectivity index (χ4v) is 5.18. The number of hydrogen-bond acceptors (Lipinski definition) is 4. The number of nitrogens with zero attached hydrogens (tertiary/aromatic N) is 2. The van der Waals surface area contributed by atoms with Crippen LogP contribution in [0.25, 0.3) is 11.0 Å². The number of benzene rings is 1. The van der Waals surface area contributed by atoms with Crippen LogP contribution in [0.4, 0.5) is 0 Å². The zero-order valence-electron chi connectivity index (χ0n) is 16.5. The lowest BCUT2D eigenvalue weighted by Gasteiger charge is -2.17. The van der Waals surface area contributed by atoms with Crippen molar-refractivity contribution >= 4 is 22.7 Å². The Morgan fingerprint density at radius 1 is 1.11 bits per heavy atom. The van der Waals surface area contributed by atoms with Crippen LogP contribution in [0.1, 0.15) is 59.8 Å². The summed E-state index contributed by atoms with van der Waals surface area (Å²) in [5.74, 6) is 0.715. The molecule has 5 heteroatoms. The molecular weight excluding hydrogens is 356 g/mol. The molecule has 0 atom stereocenters. The van der Waals surface area contributed by atoms with E-state index in [1.165, 1.54) is 36.9 Å². The summed E-state index contributed by atoms with van der Waals surface area (Å²) in [4.78, 5) is 16.9. The lowest BCUT2D eigenvalue weighted by Crippen LogP contribution is -2.08. The van der Waals surface area contributed by atoms with Crippen LogP contribution in [0.15, 0.2) is 32.6 Å². The van der Waals surface area contributed by atoms with E-state index in [9.17, 15) is 4.79 Å². The van der Waals surface area contributed by atoms with Crippen LogP contribution in [0.3, 0.4) is 0 Å². The predicted octanol–water partition coefficient (Wildman–Crippen LogP) is 5.63. The van der Waals surface area contributed by atoms with Crippen molar-refractivity contribution in [2.45, 2.75) is 70.3 Å². The first-order valence-corrected chi connectivity index (χ1v) is 10.6. The van der Waals surface area contributed by atoms with E-state index in [2.05, 4.69) is 31.4 Å². The minimum absolute atomic E-state index is 0.284. The highest BCUT2D eigenvalue weighted by Crippen LogP contribution is 2.36. The number of aryl methyl sites for hydroxylation is 3. The van der Waals surface area contributed by atoms with Gasteiger partial charge in [-0.2, -0.15) is 0 Å². The largest absolute Gasteiger partial charge is 0.423 e. The molecule has 4 rings (SSSR count). The van der Waals surface area contributed by atoms with Crippen molar-refractivity contribution < 1.29 is 4.42 Å². The first-order valence-electron chi connectivity index (χ1n) is 9.66. The summed E-state index contributed by atoms with van der Waals surface area (Å²) >= 11 is 1.73. The number of fused-ring (bicyclic) bond motifs is 1. The average Bonchev–Trinajstić information content (AvgIpc) is 3.23. The molecule has 0 spiro atoms. The molecule has 0 N–H and O–H groups in total. The third-order valence-corrected chi connectivity index (χ3v) is 6.85. The van der Waals surface area contributed by atoms with E-state index in [0.29, 0.717) is 17.4 Å². The van der Waals surface area contributed by atoms with E-state index in [0.717, 1.165) is 27.4 Å². The van der Waals surface area contributed by atoms with E-state index < -0.39 is 0 Å². The highest BCUT2D eigenvalue weighted by atomic mass is 32.2. The molecule has 1 saturated carbocycles. The Kier molecular flexibility index (Phi) is 4.89. The SMILES string of the molecule is Cc1cc2oc(=O)cc(CSc3nc(C)c(C)n3C3CCCC3)c2cc1C. The first kappa shape index (κ1) is 18.4. The van der Waals surface area contributed by atoms with E-state index in [1.807, 2.05) is 13.0 Å². The molecule has 1 aromatic carbocycles. The molecule has 0 amide bonds. The molecule has 0 radical (unpaired) electrons. The first-order chi connectivity index (χ1) is 12.9. The number of hydrogen-bond donors (Lipinski definition) is 0. The minimum atomic E-state index is -0.284. The van der Waals surface area contributed by atoms with Gasteiger partial charge in [0.15, 0.2) is 5.16 Å². The number of thioether (sulfide) groups is 1. The topological polar surface area (TPSA) is 48.0 Å². The van der Waals surface area contributed by atoms with Crippen LogP contribution >= 0.6 is 11.8 Å². The predicted molar refractivity (Wildman–Crippen MR) is 111 cm³/mol. The smallest absolute Gasteiger partial charge is 0.336 e. The van der Waals surface area contributed by atoms with Gasteiger partial charge in [0, 0.05) is 28.9 Å². The van der Waals surface area contributed by atoms with E-state index in [4.69, 9.17) is 9.40 Å². The number of rotatable bonds is 4. The third kappa shape index (κ3) is 3.45. The molecule has 142 valence electrons. The van der Waals surface area contributed by atoms with Gasteiger partial charge in [0.1, 0.15) is 5.58 Å². The quantitative estimate of drug-likeness (QED) is 0.433. The molecule has 2 aromatic heterocycles. The van der Waals surface area contributed by atoms with Crippen molar-refractivity contribution in [3.8, 4) is 0 Å². The zero-order valence-corrected chi connectivity index (χ0v) is 17.3. The molecule has 1 aliphatic carbocycles. The van der Waals surface area contributed by atoms with Crippen LogP contribution in [-0.4, -0.2) is 9.55 Å². The van der Waals surface area contributed by atoms with Gasteiger partial charge in [-0.15, -0.1) is 0 Å². The Labute approximate surface area is 164 Å². The lowest BCUT2D eigenvalue weighted by molar-refractivity contribution is 0.471. The second-order valence-corrected chi connectivity index (χ2v) is 8.63. The van der Waals surface area contributed by atoms with Crippen LogP contribution in [-0.2, 0) is 5.75 Å². The zero-order chi connectivity index (χ0) is 19.1. The summed E-state index contributed by atoms with van der Waals surface area (Å²) in [6.07, 6.45) is 5.07. The summed E-state index contributed by atoms with van der Waals surface area (Å²) < 4.78 is 7.86. The lowest BCUT2D eigenvalue weighted by atomic mass is 10.0. The molecule has 4 nitrogen and oxygen atoms in total. The molecule has 1 fully saturated rings. The van der Waals surface area contributed by atoms with Crippen molar-refractivity contribution in [2.24, 2.45) is 0 Å². The molecule has 1 aliphatic rings. The summed E-state index contributed by atoms with van der Waals surface area (Å²) in [7, 11) is 0. The van der Waals surface area contributed by atoms with Crippen molar-refractivity contribution in [2.75, 3.05) is 0 Å². The number of aromatic nitrogens is 2. The fraction of sp³-hybridized carbons (Fsp3) is 0.455. The second kappa shape index (κ2) is 7.19. The Hall–Kier alpha value is -2.01. The van der Waals surface area contributed by atoms with Crippen LogP contribution in [0.5, 0.6) is 0 Å². The molecule has 0 aliphatic heterocycles. The third-order valence-electron chi connectivity index (χ3n) is 5.85. The van der Waals surface area contributed by atoms with Gasteiger partial charge in [0.2, 0.25) is 0 Å². The summed E-state index contributed by atoms with van der Waals surface area (Å²) in [5.41, 5.74) is 6.13. The Balaban J connectivity index is 1.69. The highest BCUT2D eigenvalue weighted by Gasteiger charge is 2.23. The highest BCUT2D eigenvalue weighted by molar-refractivity contribution is 7.98. The molecular formula is C22H26N2O2S. The fourth-order valence-electron chi connectivity index (χ4n) is 4.03. The summed E-state index contributed by atoms with van der Waals surface area (Å²) in [5, 5.41) is 2.10. The van der Waals surface area contributed by atoms with Gasteiger partial charge in [-0.05, 0) is 69.4 Å². The summed E-state index contributed by atoms with van der Waals surface area (Å²) in [6.45, 7) is 8.39. The molecule has 3 aromatic rings. The van der Waals surface area contributed by atoms with Crippen molar-refractivity contribution in [1.82, 2.24) is 9.55 Å². The Morgan fingerprint density at radius 3 is 2.56 bits per heavy atom. The van der Waals surface area contributed by atoms with E-state index >= 15 is 0 Å². The van der Waals surface area contributed by atoms with Crippen LogP contribution in [0.2, 0.25) is 0 Å². The minimum Gasteiger partial charge on any atom is -0.423 e. The van der Waals surface area contributed by atoms with Gasteiger partial charge in [-0.3, -0.25) is 0 Å². The maximum atomic E-state index is 12.0. The molecule has 27 heavy (non-hydrogen) atoms. The number of imidazole rings is 1. The summed E-state index contributed by atoms with van der Waals surface area (Å²) in [6, 6.07) is 6.29. The van der Waals surface area contributed by atoms with Crippen LogP contribution < -0.4 is 5.63 Å². The molecule has 2 heterocycles. The molecule has 0 saturated heterocycles. The Morgan fingerprint density at radius 2 is 1.81 bits per heavy atom. The van der Waals surface area contributed by atoms with Crippen molar-refractivity contribution in [1.29, 1.82) is 0 Å². The average molecular weight is 383 g/mol. The van der Waals surface area contributed by atoms with E-state index in [-0.39, 0.29) is 5.63 Å². The van der Waals surface area contributed by atoms with Gasteiger partial charge >= 0.3 is 5.63 Å². The Bertz CT molecular complexity index is 1060. The van der Waals surface area contributed by atoms with Crippen molar-refractivity contribution in [3.05, 3.63) is 56.7 Å². The standard InChI is InChI=1S/C22H26N2O2S/c1-13-9-19-17(11-21(25)26-20(19)10-14(13)2)12-27-22-23-15(3)16(4)24(22)18-7-5-6-8-18/h9-11,18H,5-8,12H2,1-4H3. The molecule has 0 bridgehead atoms. The maximum absolute atomic E-state index is 12.0. The van der Waals surface area contributed by atoms with E-state index in [1.54, 1.807) is 17.8 Å². The van der Waals surface area contributed by atoms with Crippen molar-refractivity contribution in [3.63, 3.8) is 0 Å². The van der Waals surface area contributed by atoms with Gasteiger partial charge < -0.3 is 8.98 Å². The van der Waals surface area contributed by atoms with Gasteiger partial charge in [-0.1, -0.05) is 24.6 Å². The van der Waals surface area contributed by atoms with Gasteiger partial charge in [-0.25, -0.2) is 9.78 Å². The maximum Gasteiger partial charge on any atom is 0.336 e. The normalized spacial score (nSPS) is 15.1. The molecule has 0 unspecified atom stereocenters.